The van der Waals surface area contributed by atoms with E-state index in [9.17, 15) is 24.0 Å². The molecule has 1 aliphatic heterocycles. The van der Waals surface area contributed by atoms with Crippen LogP contribution >= 0.6 is 11.6 Å². The normalized spacial score (nSPS) is 20.1. The summed E-state index contributed by atoms with van der Waals surface area (Å²) in [5.74, 6) is -4.15. The number of benzene rings is 2. The Hall–Kier alpha value is -4.50. The van der Waals surface area contributed by atoms with Crippen molar-refractivity contribution in [2.45, 2.75) is 13.3 Å². The molecule has 5 rings (SSSR count). The fourth-order valence-electron chi connectivity index (χ4n) is 4.83. The summed E-state index contributed by atoms with van der Waals surface area (Å²) < 4.78 is 10.2. The van der Waals surface area contributed by atoms with Gasteiger partial charge >= 0.3 is 5.97 Å². The largest absolute Gasteiger partial charge is 0.457 e. The molecule has 1 aromatic heterocycles. The zero-order chi connectivity index (χ0) is 27.7. The maximum atomic E-state index is 13.6. The molecule has 39 heavy (non-hydrogen) atoms. The Morgan fingerprint density at radius 3 is 2.33 bits per heavy atom. The molecule has 198 valence electrons. The SMILES string of the molecule is C[C@@H]1C=CC[C@@H]2C(=O)N(N(CC(=O)c3ccc(OC(=O)c4ccco4)cc3)C(=O)c3ccc(Cl)cc3)C(=O)[C@H]12. The molecule has 3 atom stereocenters. The Kier molecular flexibility index (Phi) is 7.17. The van der Waals surface area contributed by atoms with Crippen LogP contribution in [0.4, 0.5) is 0 Å². The number of nitrogens with zero attached hydrogens (tertiary/aromatic N) is 2. The molecule has 0 unspecified atom stereocenters. The van der Waals surface area contributed by atoms with Crippen molar-refractivity contribution >= 4 is 41.1 Å². The van der Waals surface area contributed by atoms with Gasteiger partial charge in [-0.1, -0.05) is 30.7 Å². The van der Waals surface area contributed by atoms with Crippen LogP contribution in [0.3, 0.4) is 0 Å². The number of amides is 3. The van der Waals surface area contributed by atoms with E-state index in [1.165, 1.54) is 60.9 Å². The van der Waals surface area contributed by atoms with Gasteiger partial charge in [0.25, 0.3) is 17.7 Å². The number of Topliss-reactive ketones (excluding diaryl/α,β-unsaturated/α-hetero) is 1. The Balaban J connectivity index is 1.39. The monoisotopic (exact) mass is 546 g/mol. The maximum Gasteiger partial charge on any atom is 0.379 e. The second-order valence-electron chi connectivity index (χ2n) is 9.33. The molecule has 3 aromatic rings. The lowest BCUT2D eigenvalue weighted by Gasteiger charge is -2.30. The van der Waals surface area contributed by atoms with Gasteiger partial charge in [-0.2, -0.15) is 5.01 Å². The van der Waals surface area contributed by atoms with Crippen LogP contribution in [-0.2, 0) is 9.59 Å². The number of rotatable bonds is 7. The lowest BCUT2D eigenvalue weighted by molar-refractivity contribution is -0.154. The smallest absolute Gasteiger partial charge is 0.379 e. The molecular formula is C29H23ClN2O7. The molecular weight excluding hydrogens is 524 g/mol. The third-order valence-corrected chi connectivity index (χ3v) is 7.07. The zero-order valence-corrected chi connectivity index (χ0v) is 21.5. The van der Waals surface area contributed by atoms with Crippen molar-refractivity contribution in [1.29, 1.82) is 0 Å². The molecule has 3 amide bonds. The van der Waals surface area contributed by atoms with Crippen molar-refractivity contribution in [3.05, 3.63) is 101 Å². The number of hydrogen-bond donors (Lipinski definition) is 0. The highest BCUT2D eigenvalue weighted by atomic mass is 35.5. The van der Waals surface area contributed by atoms with Gasteiger partial charge in [0.15, 0.2) is 5.78 Å². The Bertz CT molecular complexity index is 1460. The summed E-state index contributed by atoms with van der Waals surface area (Å²) in [5, 5.41) is 2.14. The van der Waals surface area contributed by atoms with Crippen LogP contribution in [0.25, 0.3) is 0 Å². The average molecular weight is 547 g/mol. The second kappa shape index (κ2) is 10.7. The van der Waals surface area contributed by atoms with Gasteiger partial charge in [-0.05, 0) is 73.0 Å². The fourth-order valence-corrected chi connectivity index (χ4v) is 4.96. The number of hydrogen-bond acceptors (Lipinski definition) is 7. The van der Waals surface area contributed by atoms with Crippen LogP contribution in [0, 0.1) is 17.8 Å². The highest BCUT2D eigenvalue weighted by molar-refractivity contribution is 6.30. The van der Waals surface area contributed by atoms with Gasteiger partial charge in [-0.25, -0.2) is 9.80 Å². The van der Waals surface area contributed by atoms with E-state index in [-0.39, 0.29) is 28.6 Å². The van der Waals surface area contributed by atoms with Crippen molar-refractivity contribution in [3.63, 3.8) is 0 Å². The van der Waals surface area contributed by atoms with Crippen molar-refractivity contribution in [2.75, 3.05) is 6.54 Å². The molecule has 9 nitrogen and oxygen atoms in total. The Morgan fingerprint density at radius 2 is 1.69 bits per heavy atom. The number of ketones is 1. The first kappa shape index (κ1) is 26.1. The van der Waals surface area contributed by atoms with Crippen LogP contribution in [0.2, 0.25) is 5.02 Å². The third-order valence-electron chi connectivity index (χ3n) is 6.82. The Morgan fingerprint density at radius 1 is 1.00 bits per heavy atom. The lowest BCUT2D eigenvalue weighted by atomic mass is 9.78. The minimum Gasteiger partial charge on any atom is -0.457 e. The quantitative estimate of drug-likeness (QED) is 0.140. The summed E-state index contributed by atoms with van der Waals surface area (Å²) in [5.41, 5.74) is 0.349. The standard InChI is InChI=1S/C29H23ClN2O7/c1-17-4-2-5-22-25(17)28(36)32(27(22)35)31(26(34)19-7-11-20(30)12-8-19)16-23(33)18-9-13-21(14-10-18)39-29(37)24-6-3-15-38-24/h2-4,6-15,17,22,25H,5,16H2,1H3/t17-,22+,25-/m1/s1. The summed E-state index contributed by atoms with van der Waals surface area (Å²) in [6.45, 7) is 1.28. The van der Waals surface area contributed by atoms with E-state index >= 15 is 0 Å². The first-order chi connectivity index (χ1) is 18.7. The van der Waals surface area contributed by atoms with E-state index < -0.39 is 47.9 Å². The van der Waals surface area contributed by atoms with Crippen LogP contribution in [-0.4, -0.2) is 46.0 Å². The molecule has 2 heterocycles. The fraction of sp³-hybridized carbons (Fsp3) is 0.207. The Labute approximate surface area is 228 Å². The van der Waals surface area contributed by atoms with Gasteiger partial charge < -0.3 is 9.15 Å². The topological polar surface area (TPSA) is 114 Å². The molecule has 0 radical (unpaired) electrons. The van der Waals surface area contributed by atoms with Crippen molar-refractivity contribution in [1.82, 2.24) is 10.0 Å². The molecule has 1 aliphatic carbocycles. The van der Waals surface area contributed by atoms with Gasteiger partial charge in [0.1, 0.15) is 12.3 Å². The number of ether oxygens (including phenoxy) is 1. The van der Waals surface area contributed by atoms with Crippen molar-refractivity contribution in [2.24, 2.45) is 17.8 Å². The highest BCUT2D eigenvalue weighted by Crippen LogP contribution is 2.39. The lowest BCUT2D eigenvalue weighted by Crippen LogP contribution is -2.52. The van der Waals surface area contributed by atoms with E-state index in [2.05, 4.69) is 0 Å². The van der Waals surface area contributed by atoms with Crippen LogP contribution in [0.15, 0.2) is 83.5 Å². The number of imide groups is 1. The summed E-state index contributed by atoms with van der Waals surface area (Å²) in [6.07, 6.45) is 5.46. The van der Waals surface area contributed by atoms with Crippen LogP contribution in [0.5, 0.6) is 5.75 Å². The number of esters is 1. The molecule has 1 saturated heterocycles. The molecule has 0 spiro atoms. The van der Waals surface area contributed by atoms with Crippen molar-refractivity contribution < 1.29 is 33.1 Å². The third kappa shape index (κ3) is 5.13. The predicted molar refractivity (Wildman–Crippen MR) is 139 cm³/mol. The summed E-state index contributed by atoms with van der Waals surface area (Å²) in [7, 11) is 0. The van der Waals surface area contributed by atoms with E-state index in [4.69, 9.17) is 20.8 Å². The van der Waals surface area contributed by atoms with E-state index in [0.717, 1.165) is 10.0 Å². The van der Waals surface area contributed by atoms with E-state index in [0.29, 0.717) is 11.4 Å². The van der Waals surface area contributed by atoms with Gasteiger partial charge in [0, 0.05) is 16.1 Å². The first-order valence-electron chi connectivity index (χ1n) is 12.3. The van der Waals surface area contributed by atoms with Crippen molar-refractivity contribution in [3.8, 4) is 5.75 Å². The molecule has 10 heteroatoms. The highest BCUT2D eigenvalue weighted by Gasteiger charge is 2.53. The molecule has 2 aliphatic rings. The van der Waals surface area contributed by atoms with E-state index in [1.807, 2.05) is 19.1 Å². The molecule has 0 bridgehead atoms. The molecule has 1 fully saturated rings. The second-order valence-corrected chi connectivity index (χ2v) is 9.76. The summed E-state index contributed by atoms with van der Waals surface area (Å²) in [4.78, 5) is 65.8. The number of halogens is 1. The average Bonchev–Trinajstić information content (AvgIpc) is 3.56. The molecule has 0 N–H and O–H groups in total. The van der Waals surface area contributed by atoms with Crippen LogP contribution in [0.1, 0.15) is 44.6 Å². The minimum absolute atomic E-state index is 0.0246. The summed E-state index contributed by atoms with van der Waals surface area (Å²) in [6, 6.07) is 14.7. The molecule has 0 saturated carbocycles. The number of carbonyl (C=O) groups excluding carboxylic acids is 5. The number of furan rings is 1. The predicted octanol–water partition coefficient (Wildman–Crippen LogP) is 4.59. The van der Waals surface area contributed by atoms with Gasteiger partial charge in [-0.15, -0.1) is 0 Å². The van der Waals surface area contributed by atoms with E-state index in [1.54, 1.807) is 6.07 Å². The maximum absolute atomic E-state index is 13.6. The van der Waals surface area contributed by atoms with Gasteiger partial charge in [-0.3, -0.25) is 19.2 Å². The minimum atomic E-state index is -0.699. The first-order valence-corrected chi connectivity index (χ1v) is 12.6. The van der Waals surface area contributed by atoms with Crippen LogP contribution < -0.4 is 4.74 Å². The van der Waals surface area contributed by atoms with Gasteiger partial charge in [0.05, 0.1) is 18.1 Å². The number of allylic oxidation sites excluding steroid dienone is 2. The van der Waals surface area contributed by atoms with Gasteiger partial charge in [0.2, 0.25) is 5.76 Å². The number of hydrazine groups is 1. The zero-order valence-electron chi connectivity index (χ0n) is 20.8. The summed E-state index contributed by atoms with van der Waals surface area (Å²) >= 11 is 5.96. The number of carbonyl (C=O) groups is 5. The number of fused-ring (bicyclic) bond motifs is 1. The molecule has 2 aromatic carbocycles.